The van der Waals surface area contributed by atoms with Gasteiger partial charge in [0.05, 0.1) is 5.92 Å². The van der Waals surface area contributed by atoms with Crippen LogP contribution in [-0.2, 0) is 20.3 Å². The van der Waals surface area contributed by atoms with Crippen LogP contribution in [0.25, 0.3) is 0 Å². The van der Waals surface area contributed by atoms with Crippen molar-refractivity contribution in [3.05, 3.63) is 35.9 Å². The van der Waals surface area contributed by atoms with Crippen molar-refractivity contribution in [3.8, 4) is 0 Å². The zero-order chi connectivity index (χ0) is 12.1. The molecule has 0 radical (unpaired) electrons. The van der Waals surface area contributed by atoms with E-state index in [0.717, 1.165) is 5.56 Å². The van der Waals surface area contributed by atoms with Crippen LogP contribution >= 0.6 is 0 Å². The maximum atomic E-state index is 11.6. The minimum atomic E-state index is -2.56. The van der Waals surface area contributed by atoms with Gasteiger partial charge < -0.3 is 4.18 Å². The summed E-state index contributed by atoms with van der Waals surface area (Å²) in [5, 5.41) is 0. The Hall–Kier alpha value is -1.20. The van der Waals surface area contributed by atoms with Gasteiger partial charge in [-0.3, -0.25) is 9.35 Å². The number of carbonyl (C=O) groups excluding carboxylic acids is 1. The minimum absolute atomic E-state index is 0.00144. The Morgan fingerprint density at radius 3 is 2.31 bits per heavy atom. The van der Waals surface area contributed by atoms with Gasteiger partial charge in [-0.15, -0.1) is 0 Å². The first-order valence-electron chi connectivity index (χ1n) is 4.90. The first-order valence-corrected chi connectivity index (χ1v) is 5.93. The Morgan fingerprint density at radius 2 is 1.88 bits per heavy atom. The van der Waals surface area contributed by atoms with Gasteiger partial charge in [0.15, 0.2) is 0 Å². The van der Waals surface area contributed by atoms with Crippen LogP contribution in [0.1, 0.15) is 25.3 Å². The highest BCUT2D eigenvalue weighted by molar-refractivity contribution is 7.74. The zero-order valence-electron chi connectivity index (χ0n) is 9.12. The molecule has 0 amide bonds. The molecule has 0 saturated heterocycles. The molecule has 2 atom stereocenters. The van der Waals surface area contributed by atoms with E-state index in [1.165, 1.54) is 0 Å². The second-order valence-electron chi connectivity index (χ2n) is 3.75. The van der Waals surface area contributed by atoms with Crippen LogP contribution in [-0.4, -0.2) is 14.7 Å². The molecule has 88 valence electrons. The van der Waals surface area contributed by atoms with Gasteiger partial charge in [0.25, 0.3) is 0 Å². The van der Waals surface area contributed by atoms with Crippen molar-refractivity contribution >= 4 is 17.3 Å². The van der Waals surface area contributed by atoms with Crippen molar-refractivity contribution in [2.45, 2.75) is 19.8 Å². The summed E-state index contributed by atoms with van der Waals surface area (Å²) in [6.45, 7) is 3.72. The molecule has 0 spiro atoms. The van der Waals surface area contributed by atoms with Crippen LogP contribution in [0, 0.1) is 5.92 Å². The van der Waals surface area contributed by atoms with Gasteiger partial charge >= 0.3 is 17.3 Å². The average Bonchev–Trinajstić information content (AvgIpc) is 2.17. The van der Waals surface area contributed by atoms with E-state index in [2.05, 4.69) is 4.18 Å². The Kier molecular flexibility index (Phi) is 4.64. The molecule has 4 nitrogen and oxygen atoms in total. The topological polar surface area (TPSA) is 63.6 Å². The Bertz CT molecular complexity index is 375. The molecule has 0 aliphatic heterocycles. The fourth-order valence-corrected chi connectivity index (χ4v) is 1.82. The van der Waals surface area contributed by atoms with Crippen molar-refractivity contribution < 1.29 is 17.7 Å². The largest absolute Gasteiger partial charge is 0.360 e. The lowest BCUT2D eigenvalue weighted by atomic mass is 9.89. The summed E-state index contributed by atoms with van der Waals surface area (Å²) in [5.74, 6) is -1.20. The normalized spacial score (nSPS) is 14.5. The molecule has 0 aliphatic carbocycles. The van der Waals surface area contributed by atoms with Crippen LogP contribution in [0.4, 0.5) is 0 Å². The summed E-state index contributed by atoms with van der Waals surface area (Å²) in [6.07, 6.45) is 0. The standard InChI is InChI=1S/C11H14O4S/c1-8(2)10(11(12)15-16(13)14)9-6-4-3-5-7-9/h3-8,10H,1-2H3,(H,13,14). The predicted molar refractivity (Wildman–Crippen MR) is 60.9 cm³/mol. The highest BCUT2D eigenvalue weighted by atomic mass is 32.2. The Labute approximate surface area is 97.1 Å². The maximum absolute atomic E-state index is 11.6. The molecule has 0 saturated carbocycles. The number of rotatable bonds is 4. The highest BCUT2D eigenvalue weighted by Crippen LogP contribution is 2.25. The smallest absolute Gasteiger partial charge is 0.343 e. The lowest BCUT2D eigenvalue weighted by Gasteiger charge is -2.18. The van der Waals surface area contributed by atoms with Gasteiger partial charge in [-0.2, -0.15) is 4.21 Å². The monoisotopic (exact) mass is 242 g/mol. The molecule has 2 unspecified atom stereocenters. The van der Waals surface area contributed by atoms with E-state index in [9.17, 15) is 9.00 Å². The minimum Gasteiger partial charge on any atom is -0.343 e. The van der Waals surface area contributed by atoms with Crippen LogP contribution in [0.3, 0.4) is 0 Å². The average molecular weight is 242 g/mol. The third kappa shape index (κ3) is 3.43. The number of benzene rings is 1. The molecule has 5 heteroatoms. The van der Waals surface area contributed by atoms with Crippen LogP contribution in [0.15, 0.2) is 30.3 Å². The lowest BCUT2D eigenvalue weighted by molar-refractivity contribution is -0.136. The first-order chi connectivity index (χ1) is 7.52. The summed E-state index contributed by atoms with van der Waals surface area (Å²) in [6, 6.07) is 9.07. The third-order valence-electron chi connectivity index (χ3n) is 2.23. The Balaban J connectivity index is 2.92. The van der Waals surface area contributed by atoms with Crippen molar-refractivity contribution in [2.75, 3.05) is 0 Å². The van der Waals surface area contributed by atoms with Gasteiger partial charge in [-0.25, -0.2) is 0 Å². The third-order valence-corrected chi connectivity index (χ3v) is 2.54. The fourth-order valence-electron chi connectivity index (χ4n) is 1.58. The molecule has 1 aromatic rings. The molecule has 1 aromatic carbocycles. The second-order valence-corrected chi connectivity index (χ2v) is 4.35. The van der Waals surface area contributed by atoms with Crippen molar-refractivity contribution in [3.63, 3.8) is 0 Å². The number of hydrogen-bond acceptors (Lipinski definition) is 3. The quantitative estimate of drug-likeness (QED) is 0.821. The van der Waals surface area contributed by atoms with Gasteiger partial charge in [-0.1, -0.05) is 44.2 Å². The van der Waals surface area contributed by atoms with Gasteiger partial charge in [-0.05, 0) is 11.5 Å². The molecule has 0 aromatic heterocycles. The predicted octanol–water partition coefficient (Wildman–Crippen LogP) is 2.11. The van der Waals surface area contributed by atoms with Gasteiger partial charge in [0, 0.05) is 0 Å². The van der Waals surface area contributed by atoms with E-state index in [4.69, 9.17) is 4.55 Å². The lowest BCUT2D eigenvalue weighted by Crippen LogP contribution is -2.21. The fraction of sp³-hybridized carbons (Fsp3) is 0.364. The summed E-state index contributed by atoms with van der Waals surface area (Å²) in [7, 11) is 0. The molecule has 0 bridgehead atoms. The highest BCUT2D eigenvalue weighted by Gasteiger charge is 2.26. The maximum Gasteiger partial charge on any atom is 0.360 e. The summed E-state index contributed by atoms with van der Waals surface area (Å²) in [5.41, 5.74) is 0.785. The Morgan fingerprint density at radius 1 is 1.31 bits per heavy atom. The number of hydrogen-bond donors (Lipinski definition) is 1. The van der Waals surface area contributed by atoms with E-state index in [1.807, 2.05) is 32.0 Å². The molecule has 0 aliphatic rings. The van der Waals surface area contributed by atoms with Crippen LogP contribution in [0.2, 0.25) is 0 Å². The van der Waals surface area contributed by atoms with Gasteiger partial charge in [0.2, 0.25) is 0 Å². The van der Waals surface area contributed by atoms with Crippen molar-refractivity contribution in [1.82, 2.24) is 0 Å². The molecular weight excluding hydrogens is 228 g/mol. The van der Waals surface area contributed by atoms with E-state index in [1.54, 1.807) is 12.1 Å². The zero-order valence-corrected chi connectivity index (χ0v) is 9.94. The summed E-state index contributed by atoms with van der Waals surface area (Å²) >= 11 is -2.56. The first kappa shape index (κ1) is 12.9. The SMILES string of the molecule is CC(C)C(C(=O)OS(=O)O)c1ccccc1. The van der Waals surface area contributed by atoms with E-state index in [-0.39, 0.29) is 5.92 Å². The molecular formula is C11H14O4S. The van der Waals surface area contributed by atoms with Gasteiger partial charge in [0.1, 0.15) is 0 Å². The van der Waals surface area contributed by atoms with E-state index < -0.39 is 23.2 Å². The molecule has 1 N–H and O–H groups in total. The molecule has 16 heavy (non-hydrogen) atoms. The summed E-state index contributed by atoms with van der Waals surface area (Å²) in [4.78, 5) is 11.6. The van der Waals surface area contributed by atoms with Crippen LogP contribution < -0.4 is 0 Å². The summed E-state index contributed by atoms with van der Waals surface area (Å²) < 4.78 is 23.3. The van der Waals surface area contributed by atoms with Crippen molar-refractivity contribution in [2.24, 2.45) is 5.92 Å². The van der Waals surface area contributed by atoms with E-state index in [0.29, 0.717) is 0 Å². The molecule has 1 rings (SSSR count). The van der Waals surface area contributed by atoms with E-state index >= 15 is 0 Å². The number of carbonyl (C=O) groups is 1. The van der Waals surface area contributed by atoms with Crippen LogP contribution in [0.5, 0.6) is 0 Å². The van der Waals surface area contributed by atoms with Crippen molar-refractivity contribution in [1.29, 1.82) is 0 Å². The second kappa shape index (κ2) is 5.77. The molecule has 0 fully saturated rings. The molecule has 0 heterocycles.